The van der Waals surface area contributed by atoms with Gasteiger partial charge in [0.15, 0.2) is 0 Å². The van der Waals surface area contributed by atoms with Crippen LogP contribution in [0.25, 0.3) is 0 Å². The number of rotatable bonds is 3. The number of carboxylic acid groups (broad SMARTS) is 1. The number of amides is 1. The standard InChI is InChI=1S/C20H16Cl2N2O3/c21-10-4-6-14(16(22)8-10)19(25)23-11-5-7-17-15(9-11)12-2-1-3-13(12)18(24-17)20(26)27/h1-2,4-9,12-13,18,24H,3H2,(H,23,25)(H,26,27)/p-1/t12-,13-,18+/m1/s1. The lowest BCUT2D eigenvalue weighted by atomic mass is 9.79. The molecule has 1 aliphatic carbocycles. The zero-order valence-corrected chi connectivity index (χ0v) is 15.6. The molecule has 0 unspecified atom stereocenters. The van der Waals surface area contributed by atoms with Crippen molar-refractivity contribution in [3.63, 3.8) is 0 Å². The summed E-state index contributed by atoms with van der Waals surface area (Å²) in [4.78, 5) is 24.0. The summed E-state index contributed by atoms with van der Waals surface area (Å²) >= 11 is 12.0. The lowest BCUT2D eigenvalue weighted by Crippen LogP contribution is -2.48. The summed E-state index contributed by atoms with van der Waals surface area (Å²) in [7, 11) is 0. The van der Waals surface area contributed by atoms with E-state index in [0.717, 1.165) is 11.3 Å². The number of carbonyl (C=O) groups excluding carboxylic acids is 2. The number of hydrogen-bond donors (Lipinski definition) is 2. The van der Waals surface area contributed by atoms with Crippen LogP contribution in [0.1, 0.15) is 28.3 Å². The summed E-state index contributed by atoms with van der Waals surface area (Å²) in [6.07, 6.45) is 4.68. The number of hydrogen-bond acceptors (Lipinski definition) is 4. The van der Waals surface area contributed by atoms with Crippen LogP contribution in [0.3, 0.4) is 0 Å². The fourth-order valence-corrected chi connectivity index (χ4v) is 4.27. The molecule has 0 spiro atoms. The minimum Gasteiger partial charge on any atom is -0.548 e. The molecule has 2 N–H and O–H groups in total. The third-order valence-electron chi connectivity index (χ3n) is 5.05. The topological polar surface area (TPSA) is 81.3 Å². The SMILES string of the molecule is O=C(Nc1ccc2c(c1)[C@@H]1C=CC[C@H]1[C@@H](C(=O)[O-])N2)c1ccc(Cl)cc1Cl. The Bertz CT molecular complexity index is 974. The Labute approximate surface area is 166 Å². The van der Waals surface area contributed by atoms with Crippen molar-refractivity contribution in [2.75, 3.05) is 10.6 Å². The first kappa shape index (κ1) is 17.9. The van der Waals surface area contributed by atoms with Crippen molar-refractivity contribution in [3.8, 4) is 0 Å². The average molecular weight is 402 g/mol. The summed E-state index contributed by atoms with van der Waals surface area (Å²) in [5, 5.41) is 18.1. The second-order valence-corrected chi connectivity index (χ2v) is 7.52. The van der Waals surface area contributed by atoms with Gasteiger partial charge in [-0.2, -0.15) is 0 Å². The minimum absolute atomic E-state index is 0.0277. The minimum atomic E-state index is -1.10. The van der Waals surface area contributed by atoms with Gasteiger partial charge in [-0.3, -0.25) is 4.79 Å². The Morgan fingerprint density at radius 2 is 1.96 bits per heavy atom. The van der Waals surface area contributed by atoms with Crippen LogP contribution in [-0.2, 0) is 4.79 Å². The van der Waals surface area contributed by atoms with Gasteiger partial charge in [0.05, 0.1) is 22.6 Å². The zero-order chi connectivity index (χ0) is 19.1. The van der Waals surface area contributed by atoms with Crippen LogP contribution in [0, 0.1) is 5.92 Å². The molecule has 0 saturated heterocycles. The van der Waals surface area contributed by atoms with E-state index in [2.05, 4.69) is 10.6 Å². The quantitative estimate of drug-likeness (QED) is 0.771. The number of benzene rings is 2. The van der Waals surface area contributed by atoms with Crippen molar-refractivity contribution in [3.05, 3.63) is 69.7 Å². The highest BCUT2D eigenvalue weighted by molar-refractivity contribution is 6.37. The third kappa shape index (κ3) is 3.29. The molecular formula is C20H15Cl2N2O3-. The van der Waals surface area contributed by atoms with Gasteiger partial charge in [0.1, 0.15) is 0 Å². The van der Waals surface area contributed by atoms with Crippen LogP contribution in [-0.4, -0.2) is 17.9 Å². The Kier molecular flexibility index (Phi) is 4.58. The molecule has 1 aliphatic heterocycles. The number of carboxylic acids is 1. The zero-order valence-electron chi connectivity index (χ0n) is 14.0. The normalized spacial score (nSPS) is 22.5. The third-order valence-corrected chi connectivity index (χ3v) is 5.60. The molecule has 0 fully saturated rings. The van der Waals surface area contributed by atoms with Crippen LogP contribution in [0.4, 0.5) is 11.4 Å². The Morgan fingerprint density at radius 1 is 1.15 bits per heavy atom. The van der Waals surface area contributed by atoms with Gasteiger partial charge in [-0.25, -0.2) is 0 Å². The summed E-state index contributed by atoms with van der Waals surface area (Å²) in [5.41, 5.74) is 2.62. The molecule has 3 atom stereocenters. The van der Waals surface area contributed by atoms with E-state index >= 15 is 0 Å². The number of anilines is 2. The van der Waals surface area contributed by atoms with Crippen molar-refractivity contribution in [1.29, 1.82) is 0 Å². The average Bonchev–Trinajstić information content (AvgIpc) is 3.10. The smallest absolute Gasteiger partial charge is 0.257 e. The largest absolute Gasteiger partial charge is 0.548 e. The first-order valence-electron chi connectivity index (χ1n) is 8.48. The van der Waals surface area contributed by atoms with Crippen molar-refractivity contribution in [2.45, 2.75) is 18.4 Å². The molecule has 7 heteroatoms. The second kappa shape index (κ2) is 6.91. The van der Waals surface area contributed by atoms with Gasteiger partial charge >= 0.3 is 0 Å². The number of halogens is 2. The van der Waals surface area contributed by atoms with E-state index in [4.69, 9.17) is 23.2 Å². The fourth-order valence-electron chi connectivity index (χ4n) is 3.78. The molecule has 2 aliphatic rings. The molecule has 0 aromatic heterocycles. The van der Waals surface area contributed by atoms with Gasteiger partial charge in [0.2, 0.25) is 0 Å². The number of nitrogens with one attached hydrogen (secondary N) is 2. The molecule has 1 heterocycles. The van der Waals surface area contributed by atoms with Gasteiger partial charge in [-0.1, -0.05) is 35.4 Å². The maximum Gasteiger partial charge on any atom is 0.257 e. The van der Waals surface area contributed by atoms with Crippen molar-refractivity contribution >= 4 is 46.5 Å². The first-order valence-corrected chi connectivity index (χ1v) is 9.24. The van der Waals surface area contributed by atoms with Gasteiger partial charge in [0, 0.05) is 22.3 Å². The molecule has 0 radical (unpaired) electrons. The van der Waals surface area contributed by atoms with E-state index in [0.29, 0.717) is 22.7 Å². The van der Waals surface area contributed by atoms with E-state index < -0.39 is 12.0 Å². The van der Waals surface area contributed by atoms with Gasteiger partial charge in [-0.05, 0) is 54.3 Å². The van der Waals surface area contributed by atoms with Gasteiger partial charge < -0.3 is 20.5 Å². The molecular weight excluding hydrogens is 387 g/mol. The molecule has 4 rings (SSSR count). The fraction of sp³-hybridized carbons (Fsp3) is 0.200. The molecule has 0 bridgehead atoms. The van der Waals surface area contributed by atoms with Gasteiger partial charge in [0.25, 0.3) is 5.91 Å². The van der Waals surface area contributed by atoms with E-state index in [-0.39, 0.29) is 22.8 Å². The van der Waals surface area contributed by atoms with Crippen molar-refractivity contribution in [2.24, 2.45) is 5.92 Å². The number of allylic oxidation sites excluding steroid dienone is 2. The molecule has 0 saturated carbocycles. The second-order valence-electron chi connectivity index (χ2n) is 6.67. The van der Waals surface area contributed by atoms with Crippen molar-refractivity contribution < 1.29 is 14.7 Å². The predicted octanol–water partition coefficient (Wildman–Crippen LogP) is 3.45. The predicted molar refractivity (Wildman–Crippen MR) is 103 cm³/mol. The lowest BCUT2D eigenvalue weighted by molar-refractivity contribution is -0.308. The van der Waals surface area contributed by atoms with Gasteiger partial charge in [-0.15, -0.1) is 0 Å². The van der Waals surface area contributed by atoms with E-state index in [1.165, 1.54) is 6.07 Å². The Morgan fingerprint density at radius 3 is 2.70 bits per heavy atom. The van der Waals surface area contributed by atoms with Crippen LogP contribution < -0.4 is 15.7 Å². The summed E-state index contributed by atoms with van der Waals surface area (Å²) in [6, 6.07) is 9.32. The van der Waals surface area contributed by atoms with Crippen LogP contribution in [0.15, 0.2) is 48.6 Å². The Hall–Kier alpha value is -2.50. The number of carbonyl (C=O) groups is 2. The summed E-state index contributed by atoms with van der Waals surface area (Å²) < 4.78 is 0. The van der Waals surface area contributed by atoms with E-state index in [1.807, 2.05) is 18.2 Å². The molecule has 5 nitrogen and oxygen atoms in total. The Balaban J connectivity index is 1.62. The number of aliphatic carboxylic acids is 1. The van der Waals surface area contributed by atoms with E-state index in [9.17, 15) is 14.7 Å². The van der Waals surface area contributed by atoms with Crippen LogP contribution in [0.5, 0.6) is 0 Å². The maximum atomic E-state index is 12.5. The molecule has 138 valence electrons. The monoisotopic (exact) mass is 401 g/mol. The van der Waals surface area contributed by atoms with E-state index in [1.54, 1.807) is 24.3 Å². The summed E-state index contributed by atoms with van der Waals surface area (Å²) in [6.45, 7) is 0. The van der Waals surface area contributed by atoms with Crippen molar-refractivity contribution in [1.82, 2.24) is 0 Å². The lowest BCUT2D eigenvalue weighted by Gasteiger charge is -2.37. The number of fused-ring (bicyclic) bond motifs is 3. The maximum absolute atomic E-state index is 12.5. The molecule has 2 aromatic rings. The molecule has 27 heavy (non-hydrogen) atoms. The molecule has 2 aromatic carbocycles. The first-order chi connectivity index (χ1) is 12.9. The highest BCUT2D eigenvalue weighted by Crippen LogP contribution is 2.45. The highest BCUT2D eigenvalue weighted by Gasteiger charge is 2.37. The van der Waals surface area contributed by atoms with Crippen LogP contribution >= 0.6 is 23.2 Å². The summed E-state index contributed by atoms with van der Waals surface area (Å²) in [5.74, 6) is -1.57. The highest BCUT2D eigenvalue weighted by atomic mass is 35.5. The molecule has 1 amide bonds. The van der Waals surface area contributed by atoms with Crippen LogP contribution in [0.2, 0.25) is 10.0 Å².